The number of aliphatic hydroxyl groups is 1. The van der Waals surface area contributed by atoms with Crippen molar-refractivity contribution in [3.8, 4) is 5.75 Å². The second-order valence-electron chi connectivity index (χ2n) is 3.83. The number of amides is 1. The van der Waals surface area contributed by atoms with Crippen molar-refractivity contribution in [1.29, 1.82) is 0 Å². The molecule has 0 fully saturated rings. The van der Waals surface area contributed by atoms with Gasteiger partial charge < -0.3 is 19.9 Å². The lowest BCUT2D eigenvalue weighted by molar-refractivity contribution is -0.143. The molecule has 0 saturated carbocycles. The number of hydrogen-bond acceptors (Lipinski definition) is 5. The molecule has 1 amide bonds. The molecule has 1 rings (SSSR count). The molecule has 0 heterocycles. The maximum absolute atomic E-state index is 12.1. The van der Waals surface area contributed by atoms with Crippen molar-refractivity contribution in [2.24, 2.45) is 0 Å². The Hall–Kier alpha value is -2.34. The third kappa shape index (κ3) is 4.10. The fourth-order valence-electron chi connectivity index (χ4n) is 1.49. The van der Waals surface area contributed by atoms with Crippen LogP contribution in [0.3, 0.4) is 0 Å². The lowest BCUT2D eigenvalue weighted by Crippen LogP contribution is -2.44. The number of carbonyl (C=O) groups excluding carboxylic acids is 2. The smallest absolute Gasteiger partial charge is 0.330 e. The molecule has 1 aromatic rings. The van der Waals surface area contributed by atoms with E-state index >= 15 is 0 Å². The van der Waals surface area contributed by atoms with Crippen LogP contribution >= 0.6 is 0 Å². The minimum absolute atomic E-state index is 0.255. The van der Waals surface area contributed by atoms with Crippen molar-refractivity contribution in [3.63, 3.8) is 0 Å². The van der Waals surface area contributed by atoms with Gasteiger partial charge in [-0.05, 0) is 12.1 Å². The van der Waals surface area contributed by atoms with Crippen molar-refractivity contribution in [2.75, 3.05) is 20.3 Å². The molecule has 1 unspecified atom stereocenters. The van der Waals surface area contributed by atoms with E-state index < -0.39 is 24.5 Å². The van der Waals surface area contributed by atoms with Crippen molar-refractivity contribution in [2.45, 2.75) is 6.04 Å². The molecule has 0 spiro atoms. The summed E-state index contributed by atoms with van der Waals surface area (Å²) in [4.78, 5) is 23.4. The zero-order valence-electron chi connectivity index (χ0n) is 11.2. The minimum atomic E-state index is -1.11. The number of para-hydroxylation sites is 1. The predicted octanol–water partition coefficient (Wildman–Crippen LogP) is 0.515. The van der Waals surface area contributed by atoms with Gasteiger partial charge in [0, 0.05) is 0 Å². The highest BCUT2D eigenvalue weighted by molar-refractivity contribution is 5.99. The topological polar surface area (TPSA) is 84.9 Å². The van der Waals surface area contributed by atoms with E-state index in [1.165, 1.54) is 7.11 Å². The zero-order chi connectivity index (χ0) is 15.0. The summed E-state index contributed by atoms with van der Waals surface area (Å²) >= 11 is 0. The number of methoxy groups -OCH3 is 1. The van der Waals surface area contributed by atoms with Crippen molar-refractivity contribution >= 4 is 11.9 Å². The maximum atomic E-state index is 12.1. The van der Waals surface area contributed by atoms with E-state index in [4.69, 9.17) is 9.84 Å². The second-order valence-corrected chi connectivity index (χ2v) is 3.83. The highest BCUT2D eigenvalue weighted by Crippen LogP contribution is 2.18. The molecule has 0 saturated heterocycles. The summed E-state index contributed by atoms with van der Waals surface area (Å²) in [6.07, 6.45) is 1.56. The van der Waals surface area contributed by atoms with Crippen LogP contribution in [0.2, 0.25) is 0 Å². The van der Waals surface area contributed by atoms with E-state index in [9.17, 15) is 9.59 Å². The Balaban J connectivity index is 2.85. The average molecular weight is 279 g/mol. The first-order valence-corrected chi connectivity index (χ1v) is 5.96. The van der Waals surface area contributed by atoms with Crippen LogP contribution in [0.1, 0.15) is 10.4 Å². The Morgan fingerprint density at radius 2 is 2.15 bits per heavy atom. The van der Waals surface area contributed by atoms with Crippen LogP contribution in [0.4, 0.5) is 0 Å². The summed E-state index contributed by atoms with van der Waals surface area (Å²) in [5.41, 5.74) is 0.261. The van der Waals surface area contributed by atoms with Crippen molar-refractivity contribution < 1.29 is 24.2 Å². The van der Waals surface area contributed by atoms with E-state index in [1.807, 2.05) is 0 Å². The SMILES string of the molecule is C=CCOc1ccccc1C(=O)NC(CO)C(=O)OC. The molecule has 0 aliphatic heterocycles. The summed E-state index contributed by atoms with van der Waals surface area (Å²) < 4.78 is 9.83. The quantitative estimate of drug-likeness (QED) is 0.561. The van der Waals surface area contributed by atoms with Crippen molar-refractivity contribution in [3.05, 3.63) is 42.5 Å². The molecular weight excluding hydrogens is 262 g/mol. The maximum Gasteiger partial charge on any atom is 0.330 e. The van der Waals surface area contributed by atoms with Crippen LogP contribution in [0.25, 0.3) is 0 Å². The molecule has 2 N–H and O–H groups in total. The minimum Gasteiger partial charge on any atom is -0.489 e. The fraction of sp³-hybridized carbons (Fsp3) is 0.286. The first kappa shape index (κ1) is 15.7. The monoisotopic (exact) mass is 279 g/mol. The fourth-order valence-corrected chi connectivity index (χ4v) is 1.49. The van der Waals surface area contributed by atoms with E-state index in [1.54, 1.807) is 30.3 Å². The normalized spacial score (nSPS) is 11.3. The third-order valence-corrected chi connectivity index (χ3v) is 2.46. The van der Waals surface area contributed by atoms with Gasteiger partial charge in [0.1, 0.15) is 12.4 Å². The number of nitrogens with one attached hydrogen (secondary N) is 1. The Bertz CT molecular complexity index is 486. The van der Waals surface area contributed by atoms with Gasteiger partial charge in [-0.1, -0.05) is 24.8 Å². The molecule has 6 nitrogen and oxygen atoms in total. The molecule has 0 aliphatic carbocycles. The third-order valence-electron chi connectivity index (χ3n) is 2.46. The molecular formula is C14H17NO5. The molecule has 1 atom stereocenters. The van der Waals surface area contributed by atoms with E-state index in [0.29, 0.717) is 5.75 Å². The lowest BCUT2D eigenvalue weighted by Gasteiger charge is -2.15. The first-order valence-electron chi connectivity index (χ1n) is 5.96. The first-order chi connectivity index (χ1) is 9.63. The molecule has 108 valence electrons. The van der Waals surface area contributed by atoms with E-state index in [-0.39, 0.29) is 12.2 Å². The molecule has 0 aliphatic rings. The molecule has 6 heteroatoms. The number of esters is 1. The number of rotatable bonds is 7. The van der Waals surface area contributed by atoms with Gasteiger partial charge in [-0.3, -0.25) is 4.79 Å². The number of aliphatic hydroxyl groups excluding tert-OH is 1. The van der Waals surface area contributed by atoms with Crippen LogP contribution in [0.15, 0.2) is 36.9 Å². The van der Waals surface area contributed by atoms with Crippen LogP contribution in [0.5, 0.6) is 5.75 Å². The molecule has 0 bridgehead atoms. The second kappa shape index (κ2) is 7.96. The van der Waals surface area contributed by atoms with Gasteiger partial charge in [-0.25, -0.2) is 4.79 Å². The Morgan fingerprint density at radius 3 is 2.75 bits per heavy atom. The van der Waals surface area contributed by atoms with Crippen LogP contribution in [0, 0.1) is 0 Å². The molecule has 1 aromatic carbocycles. The lowest BCUT2D eigenvalue weighted by atomic mass is 10.1. The standard InChI is InChI=1S/C14H17NO5/c1-3-8-20-12-7-5-4-6-10(12)13(17)15-11(9-16)14(18)19-2/h3-7,11,16H,1,8-9H2,2H3,(H,15,17). The van der Waals surface area contributed by atoms with Crippen molar-refractivity contribution in [1.82, 2.24) is 5.32 Å². The van der Waals surface area contributed by atoms with Gasteiger partial charge in [0.15, 0.2) is 6.04 Å². The van der Waals surface area contributed by atoms with Gasteiger partial charge in [0.2, 0.25) is 0 Å². The van der Waals surface area contributed by atoms with Gasteiger partial charge in [-0.2, -0.15) is 0 Å². The summed E-state index contributed by atoms with van der Waals surface area (Å²) in [6, 6.07) is 5.46. The Kier molecular flexibility index (Phi) is 6.25. The van der Waals surface area contributed by atoms with Gasteiger partial charge in [0.05, 0.1) is 19.3 Å². The molecule has 0 aromatic heterocycles. The van der Waals surface area contributed by atoms with Gasteiger partial charge >= 0.3 is 5.97 Å². The highest BCUT2D eigenvalue weighted by Gasteiger charge is 2.22. The Morgan fingerprint density at radius 1 is 1.45 bits per heavy atom. The number of benzene rings is 1. The average Bonchev–Trinajstić information content (AvgIpc) is 2.49. The number of hydrogen-bond donors (Lipinski definition) is 2. The summed E-state index contributed by atoms with van der Waals surface area (Å²) in [5.74, 6) is -0.883. The van der Waals surface area contributed by atoms with Crippen LogP contribution in [-0.2, 0) is 9.53 Å². The highest BCUT2D eigenvalue weighted by atomic mass is 16.5. The molecule has 20 heavy (non-hydrogen) atoms. The number of ether oxygens (including phenoxy) is 2. The van der Waals surface area contributed by atoms with E-state index in [0.717, 1.165) is 0 Å². The number of carbonyl (C=O) groups is 2. The predicted molar refractivity (Wildman–Crippen MR) is 72.5 cm³/mol. The van der Waals surface area contributed by atoms with Crippen LogP contribution in [-0.4, -0.2) is 43.3 Å². The summed E-state index contributed by atoms with van der Waals surface area (Å²) in [6.45, 7) is 3.23. The zero-order valence-corrected chi connectivity index (χ0v) is 11.2. The summed E-state index contributed by atoms with van der Waals surface area (Å²) in [7, 11) is 1.18. The summed E-state index contributed by atoms with van der Waals surface area (Å²) in [5, 5.41) is 11.5. The van der Waals surface area contributed by atoms with Gasteiger partial charge in [0.25, 0.3) is 5.91 Å². The van der Waals surface area contributed by atoms with Crippen LogP contribution < -0.4 is 10.1 Å². The largest absolute Gasteiger partial charge is 0.489 e. The molecule has 0 radical (unpaired) electrons. The van der Waals surface area contributed by atoms with E-state index in [2.05, 4.69) is 16.6 Å². The van der Waals surface area contributed by atoms with Gasteiger partial charge in [-0.15, -0.1) is 0 Å². The Labute approximate surface area is 117 Å².